The van der Waals surface area contributed by atoms with Crippen molar-refractivity contribution in [2.75, 3.05) is 0 Å². The maximum atomic E-state index is 12.8. The first-order chi connectivity index (χ1) is 11.7. The molecule has 4 rings (SSSR count). The van der Waals surface area contributed by atoms with Crippen LogP contribution in [0.2, 0.25) is 5.02 Å². The summed E-state index contributed by atoms with van der Waals surface area (Å²) in [6.45, 7) is 0.227. The molecule has 2 amide bonds. The minimum atomic E-state index is -0.896. The standard InChI is InChI=1S/C18H13ClN2O3/c19-13-9-5-4-8-12(13)15-14-16(24-20-15)18(23)21(17(14)22)10-11-6-2-1-3-7-11/h1-9,14,16H,10H2/t14-,16+/m1/s1. The Kier molecular flexibility index (Phi) is 3.58. The van der Waals surface area contributed by atoms with Crippen molar-refractivity contribution < 1.29 is 14.4 Å². The zero-order valence-corrected chi connectivity index (χ0v) is 13.3. The molecule has 24 heavy (non-hydrogen) atoms. The lowest BCUT2D eigenvalue weighted by Crippen LogP contribution is -2.32. The Morgan fingerprint density at radius 1 is 1.00 bits per heavy atom. The van der Waals surface area contributed by atoms with Crippen molar-refractivity contribution >= 4 is 29.1 Å². The Morgan fingerprint density at radius 3 is 2.46 bits per heavy atom. The molecule has 120 valence electrons. The monoisotopic (exact) mass is 340 g/mol. The van der Waals surface area contributed by atoms with Crippen molar-refractivity contribution in [1.29, 1.82) is 0 Å². The molecule has 0 spiro atoms. The van der Waals surface area contributed by atoms with Gasteiger partial charge in [0.05, 0.1) is 6.54 Å². The van der Waals surface area contributed by atoms with Crippen LogP contribution in [0.4, 0.5) is 0 Å². The van der Waals surface area contributed by atoms with Crippen LogP contribution in [0.3, 0.4) is 0 Å². The summed E-state index contributed by atoms with van der Waals surface area (Å²) in [6, 6.07) is 16.5. The number of halogens is 1. The molecule has 0 saturated carbocycles. The number of likely N-dealkylation sites (tertiary alicyclic amines) is 1. The van der Waals surface area contributed by atoms with Gasteiger partial charge in [-0.05, 0) is 11.6 Å². The van der Waals surface area contributed by atoms with E-state index in [9.17, 15) is 9.59 Å². The average Bonchev–Trinajstić information content (AvgIpc) is 3.13. The molecular formula is C18H13ClN2O3. The molecule has 2 heterocycles. The normalized spacial score (nSPS) is 22.4. The fraction of sp³-hybridized carbons (Fsp3) is 0.167. The molecule has 5 nitrogen and oxygen atoms in total. The van der Waals surface area contributed by atoms with Gasteiger partial charge in [-0.3, -0.25) is 14.5 Å². The number of oxime groups is 1. The highest BCUT2D eigenvalue weighted by atomic mass is 35.5. The first-order valence-corrected chi connectivity index (χ1v) is 7.92. The van der Waals surface area contributed by atoms with E-state index in [2.05, 4.69) is 5.16 Å². The van der Waals surface area contributed by atoms with Crippen molar-refractivity contribution in [2.45, 2.75) is 12.6 Å². The zero-order chi connectivity index (χ0) is 16.7. The van der Waals surface area contributed by atoms with Gasteiger partial charge in [0.2, 0.25) is 12.0 Å². The highest BCUT2D eigenvalue weighted by Gasteiger charge is 2.55. The highest BCUT2D eigenvalue weighted by molar-refractivity contribution is 6.36. The Bertz CT molecular complexity index is 850. The van der Waals surface area contributed by atoms with Gasteiger partial charge >= 0.3 is 0 Å². The first-order valence-electron chi connectivity index (χ1n) is 7.54. The van der Waals surface area contributed by atoms with Crippen LogP contribution >= 0.6 is 11.6 Å². The van der Waals surface area contributed by atoms with Crippen LogP contribution in [0.15, 0.2) is 59.8 Å². The van der Waals surface area contributed by atoms with Crippen molar-refractivity contribution in [3.63, 3.8) is 0 Å². The second-order valence-electron chi connectivity index (χ2n) is 5.71. The van der Waals surface area contributed by atoms with Gasteiger partial charge in [-0.1, -0.05) is 65.3 Å². The van der Waals surface area contributed by atoms with Gasteiger partial charge in [0.25, 0.3) is 5.91 Å². The Labute approximate surface area is 143 Å². The van der Waals surface area contributed by atoms with Crippen molar-refractivity contribution in [1.82, 2.24) is 4.90 Å². The number of fused-ring (bicyclic) bond motifs is 1. The third-order valence-corrected chi connectivity index (χ3v) is 4.57. The number of nitrogens with zero attached hydrogens (tertiary/aromatic N) is 2. The third kappa shape index (κ3) is 2.29. The first kappa shape index (κ1) is 14.9. The number of hydrogen-bond acceptors (Lipinski definition) is 4. The van der Waals surface area contributed by atoms with E-state index in [0.29, 0.717) is 16.3 Å². The van der Waals surface area contributed by atoms with Crippen molar-refractivity contribution in [2.24, 2.45) is 11.1 Å². The summed E-state index contributed by atoms with van der Waals surface area (Å²) in [6.07, 6.45) is -0.896. The zero-order valence-electron chi connectivity index (χ0n) is 12.6. The predicted molar refractivity (Wildman–Crippen MR) is 88.4 cm³/mol. The molecule has 0 unspecified atom stereocenters. The smallest absolute Gasteiger partial charge is 0.274 e. The maximum absolute atomic E-state index is 12.8. The fourth-order valence-electron chi connectivity index (χ4n) is 3.05. The minimum absolute atomic E-state index is 0.227. The van der Waals surface area contributed by atoms with E-state index in [0.717, 1.165) is 5.56 Å². The molecule has 2 aromatic rings. The average molecular weight is 341 g/mol. The summed E-state index contributed by atoms with van der Waals surface area (Å²) in [5.41, 5.74) is 1.92. The van der Waals surface area contributed by atoms with Crippen LogP contribution in [0.1, 0.15) is 11.1 Å². The molecule has 2 aromatic carbocycles. The fourth-order valence-corrected chi connectivity index (χ4v) is 3.28. The highest BCUT2D eigenvalue weighted by Crippen LogP contribution is 2.34. The van der Waals surface area contributed by atoms with E-state index in [1.165, 1.54) is 4.90 Å². The number of imide groups is 1. The van der Waals surface area contributed by atoms with Crippen molar-refractivity contribution in [3.05, 3.63) is 70.7 Å². The summed E-state index contributed by atoms with van der Waals surface area (Å²) < 4.78 is 0. The van der Waals surface area contributed by atoms with Gasteiger partial charge in [0, 0.05) is 10.6 Å². The topological polar surface area (TPSA) is 59.0 Å². The second-order valence-corrected chi connectivity index (χ2v) is 6.12. The van der Waals surface area contributed by atoms with Crippen LogP contribution in [0, 0.1) is 5.92 Å². The number of amides is 2. The van der Waals surface area contributed by atoms with Gasteiger partial charge in [0.1, 0.15) is 11.6 Å². The summed E-state index contributed by atoms with van der Waals surface area (Å²) in [5, 5.41) is 4.43. The van der Waals surface area contributed by atoms with Crippen molar-refractivity contribution in [3.8, 4) is 0 Å². The summed E-state index contributed by atoms with van der Waals surface area (Å²) in [7, 11) is 0. The molecule has 0 bridgehead atoms. The van der Waals surface area contributed by atoms with E-state index in [4.69, 9.17) is 16.4 Å². The second kappa shape index (κ2) is 5.76. The van der Waals surface area contributed by atoms with E-state index < -0.39 is 12.0 Å². The number of rotatable bonds is 3. The van der Waals surface area contributed by atoms with E-state index in [-0.39, 0.29) is 18.4 Å². The Hall–Kier alpha value is -2.66. The molecule has 0 radical (unpaired) electrons. The number of carbonyl (C=O) groups excluding carboxylic acids is 2. The molecule has 0 N–H and O–H groups in total. The predicted octanol–water partition coefficient (Wildman–Crippen LogP) is 2.63. The lowest BCUT2D eigenvalue weighted by atomic mass is 9.94. The molecule has 6 heteroatoms. The summed E-state index contributed by atoms with van der Waals surface area (Å²) in [5.74, 6) is -1.40. The van der Waals surface area contributed by atoms with Gasteiger partial charge in [0.15, 0.2) is 0 Å². The van der Waals surface area contributed by atoms with Crippen LogP contribution < -0.4 is 0 Å². The van der Waals surface area contributed by atoms with Crippen LogP contribution in [-0.4, -0.2) is 28.5 Å². The molecule has 2 aliphatic heterocycles. The Balaban J connectivity index is 1.64. The maximum Gasteiger partial charge on any atom is 0.274 e. The Morgan fingerprint density at radius 2 is 1.71 bits per heavy atom. The number of carbonyl (C=O) groups is 2. The molecule has 2 aliphatic rings. The lowest BCUT2D eigenvalue weighted by molar-refractivity contribution is -0.142. The van der Waals surface area contributed by atoms with E-state index >= 15 is 0 Å². The SMILES string of the molecule is O=C1[C@@H]2C(c3ccccc3Cl)=NO[C@@H]2C(=O)N1Cc1ccccc1. The van der Waals surface area contributed by atoms with E-state index in [1.807, 2.05) is 30.3 Å². The van der Waals surface area contributed by atoms with Gasteiger partial charge in [-0.25, -0.2) is 0 Å². The number of hydrogen-bond donors (Lipinski definition) is 0. The lowest BCUT2D eigenvalue weighted by Gasteiger charge is -2.15. The van der Waals surface area contributed by atoms with Gasteiger partial charge < -0.3 is 4.84 Å². The molecule has 0 aromatic heterocycles. The van der Waals surface area contributed by atoms with Crippen LogP contribution in [-0.2, 0) is 21.0 Å². The van der Waals surface area contributed by atoms with Gasteiger partial charge in [-0.2, -0.15) is 0 Å². The molecule has 1 saturated heterocycles. The summed E-state index contributed by atoms with van der Waals surface area (Å²) >= 11 is 6.20. The van der Waals surface area contributed by atoms with E-state index in [1.54, 1.807) is 24.3 Å². The molecule has 0 aliphatic carbocycles. The quantitative estimate of drug-likeness (QED) is 0.807. The van der Waals surface area contributed by atoms with Crippen LogP contribution in [0.25, 0.3) is 0 Å². The largest absolute Gasteiger partial charge is 0.381 e. The minimum Gasteiger partial charge on any atom is -0.381 e. The molecule has 1 fully saturated rings. The van der Waals surface area contributed by atoms with Crippen LogP contribution in [0.5, 0.6) is 0 Å². The number of benzene rings is 2. The third-order valence-electron chi connectivity index (χ3n) is 4.24. The summed E-state index contributed by atoms with van der Waals surface area (Å²) in [4.78, 5) is 31.8. The molecular weight excluding hydrogens is 328 g/mol. The van der Waals surface area contributed by atoms with Gasteiger partial charge in [-0.15, -0.1) is 0 Å². The molecule has 2 atom stereocenters.